The van der Waals surface area contributed by atoms with Gasteiger partial charge in [0.05, 0.1) is 7.11 Å². The van der Waals surface area contributed by atoms with Crippen molar-refractivity contribution < 1.29 is 9.13 Å². The number of hydrogen-bond acceptors (Lipinski definition) is 5. The molecule has 0 bridgehead atoms. The van der Waals surface area contributed by atoms with Crippen LogP contribution in [0, 0.1) is 5.82 Å². The number of benzene rings is 1. The van der Waals surface area contributed by atoms with Crippen molar-refractivity contribution in [2.24, 2.45) is 0 Å². The van der Waals surface area contributed by atoms with Gasteiger partial charge < -0.3 is 9.64 Å². The quantitative estimate of drug-likeness (QED) is 0.863. The Hall–Kier alpha value is -2.21. The number of methoxy groups -OCH3 is 1. The van der Waals surface area contributed by atoms with Crippen LogP contribution < -0.4 is 9.64 Å². The molecule has 0 N–H and O–H groups in total. The summed E-state index contributed by atoms with van der Waals surface area (Å²) in [6.07, 6.45) is 1.52. The number of hydrogen-bond donors (Lipinski definition) is 0. The number of piperazine rings is 1. The third-order valence-corrected chi connectivity index (χ3v) is 3.83. The van der Waals surface area contributed by atoms with E-state index in [4.69, 9.17) is 4.74 Å². The minimum Gasteiger partial charge on any atom is -0.481 e. The summed E-state index contributed by atoms with van der Waals surface area (Å²) >= 11 is 0. The molecule has 5 nitrogen and oxygen atoms in total. The predicted octanol–water partition coefficient (Wildman–Crippen LogP) is 1.95. The number of aromatic nitrogens is 2. The zero-order valence-electron chi connectivity index (χ0n) is 12.6. The second kappa shape index (κ2) is 6.70. The second-order valence-electron chi connectivity index (χ2n) is 5.31. The summed E-state index contributed by atoms with van der Waals surface area (Å²) in [4.78, 5) is 12.9. The normalized spacial score (nSPS) is 15.8. The molecule has 0 spiro atoms. The Balaban J connectivity index is 1.58. The molecule has 6 heteroatoms. The molecule has 1 fully saturated rings. The molecule has 0 saturated carbocycles. The average molecular weight is 302 g/mol. The van der Waals surface area contributed by atoms with Crippen molar-refractivity contribution in [3.05, 3.63) is 48.0 Å². The fraction of sp³-hybridized carbons (Fsp3) is 0.375. The van der Waals surface area contributed by atoms with Crippen LogP contribution in [0.1, 0.15) is 5.56 Å². The summed E-state index contributed by atoms with van der Waals surface area (Å²) in [5.41, 5.74) is 1.01. The Labute approximate surface area is 129 Å². The van der Waals surface area contributed by atoms with E-state index in [2.05, 4.69) is 19.8 Å². The van der Waals surface area contributed by atoms with Crippen molar-refractivity contribution in [3.63, 3.8) is 0 Å². The highest BCUT2D eigenvalue weighted by atomic mass is 19.1. The molecule has 0 atom stereocenters. The van der Waals surface area contributed by atoms with Gasteiger partial charge in [0, 0.05) is 38.8 Å². The van der Waals surface area contributed by atoms with Gasteiger partial charge in [0.1, 0.15) is 18.0 Å². The van der Waals surface area contributed by atoms with Gasteiger partial charge in [-0.1, -0.05) is 12.1 Å². The molecular weight excluding hydrogens is 283 g/mol. The van der Waals surface area contributed by atoms with Crippen LogP contribution in [0.15, 0.2) is 36.7 Å². The standard InChI is InChI=1S/C16H19FN4O/c1-22-16-10-15(18-12-19-16)21-7-5-20(6-8-21)11-13-3-2-4-14(17)9-13/h2-4,9-10,12H,5-8,11H2,1H3. The number of rotatable bonds is 4. The maximum atomic E-state index is 13.2. The van der Waals surface area contributed by atoms with Gasteiger partial charge in [-0.05, 0) is 17.7 Å². The van der Waals surface area contributed by atoms with E-state index in [1.165, 1.54) is 12.4 Å². The molecule has 1 saturated heterocycles. The number of anilines is 1. The van der Waals surface area contributed by atoms with E-state index in [9.17, 15) is 4.39 Å². The summed E-state index contributed by atoms with van der Waals surface area (Å²) in [5.74, 6) is 1.29. The maximum absolute atomic E-state index is 13.2. The van der Waals surface area contributed by atoms with Gasteiger partial charge in [0.2, 0.25) is 5.88 Å². The molecule has 1 aliphatic rings. The van der Waals surface area contributed by atoms with Gasteiger partial charge >= 0.3 is 0 Å². The van der Waals surface area contributed by atoms with Crippen LogP contribution in [0.3, 0.4) is 0 Å². The molecule has 2 aromatic rings. The Bertz CT molecular complexity index is 629. The van der Waals surface area contributed by atoms with Crippen LogP contribution >= 0.6 is 0 Å². The summed E-state index contributed by atoms with van der Waals surface area (Å²) in [7, 11) is 1.60. The van der Waals surface area contributed by atoms with Gasteiger partial charge in [-0.25, -0.2) is 14.4 Å². The van der Waals surface area contributed by atoms with Crippen LogP contribution in [0.4, 0.5) is 10.2 Å². The van der Waals surface area contributed by atoms with Gasteiger partial charge in [0.25, 0.3) is 0 Å². The van der Waals surface area contributed by atoms with Crippen LogP contribution in [0.5, 0.6) is 5.88 Å². The fourth-order valence-electron chi connectivity index (χ4n) is 2.64. The lowest BCUT2D eigenvalue weighted by Crippen LogP contribution is -2.46. The largest absolute Gasteiger partial charge is 0.481 e. The van der Waals surface area contributed by atoms with Crippen molar-refractivity contribution in [3.8, 4) is 5.88 Å². The lowest BCUT2D eigenvalue weighted by molar-refractivity contribution is 0.249. The fourth-order valence-corrected chi connectivity index (χ4v) is 2.64. The summed E-state index contributed by atoms with van der Waals surface area (Å²) in [6, 6.07) is 8.65. The molecule has 1 aromatic heterocycles. The van der Waals surface area contributed by atoms with E-state index < -0.39 is 0 Å². The Morgan fingerprint density at radius 1 is 1.14 bits per heavy atom. The van der Waals surface area contributed by atoms with Crippen molar-refractivity contribution in [1.29, 1.82) is 0 Å². The van der Waals surface area contributed by atoms with Crippen molar-refractivity contribution in [2.45, 2.75) is 6.54 Å². The average Bonchev–Trinajstić information content (AvgIpc) is 2.56. The lowest BCUT2D eigenvalue weighted by Gasteiger charge is -2.35. The van der Waals surface area contributed by atoms with Crippen molar-refractivity contribution >= 4 is 5.82 Å². The molecule has 0 amide bonds. The molecule has 1 aliphatic heterocycles. The van der Waals surface area contributed by atoms with E-state index in [1.54, 1.807) is 19.2 Å². The predicted molar refractivity (Wildman–Crippen MR) is 82.5 cm³/mol. The molecular formula is C16H19FN4O. The van der Waals surface area contributed by atoms with Crippen LogP contribution in [0.2, 0.25) is 0 Å². The van der Waals surface area contributed by atoms with Gasteiger partial charge in [0.15, 0.2) is 0 Å². The Morgan fingerprint density at radius 3 is 2.68 bits per heavy atom. The highest BCUT2D eigenvalue weighted by Gasteiger charge is 2.18. The van der Waals surface area contributed by atoms with Crippen LogP contribution in [-0.2, 0) is 6.54 Å². The summed E-state index contributed by atoms with van der Waals surface area (Å²) in [6.45, 7) is 4.38. The highest BCUT2D eigenvalue weighted by Crippen LogP contribution is 2.18. The van der Waals surface area contributed by atoms with E-state index in [0.717, 1.165) is 44.1 Å². The van der Waals surface area contributed by atoms with E-state index in [0.29, 0.717) is 5.88 Å². The van der Waals surface area contributed by atoms with Gasteiger partial charge in [-0.3, -0.25) is 4.90 Å². The monoisotopic (exact) mass is 302 g/mol. The maximum Gasteiger partial charge on any atom is 0.218 e. The van der Waals surface area contributed by atoms with Crippen molar-refractivity contribution in [2.75, 3.05) is 38.2 Å². The van der Waals surface area contributed by atoms with Gasteiger partial charge in [-0.15, -0.1) is 0 Å². The smallest absolute Gasteiger partial charge is 0.218 e. The molecule has 3 rings (SSSR count). The SMILES string of the molecule is COc1cc(N2CCN(Cc3cccc(F)c3)CC2)ncn1. The summed E-state index contributed by atoms with van der Waals surface area (Å²) in [5, 5.41) is 0. The molecule has 116 valence electrons. The zero-order valence-corrected chi connectivity index (χ0v) is 12.6. The van der Waals surface area contributed by atoms with Crippen molar-refractivity contribution in [1.82, 2.24) is 14.9 Å². The minimum atomic E-state index is -0.177. The Kier molecular flexibility index (Phi) is 4.48. The van der Waals surface area contributed by atoms with E-state index in [1.807, 2.05) is 12.1 Å². The molecule has 0 aliphatic carbocycles. The molecule has 0 unspecified atom stereocenters. The molecule has 22 heavy (non-hydrogen) atoms. The third-order valence-electron chi connectivity index (χ3n) is 3.83. The lowest BCUT2D eigenvalue weighted by atomic mass is 10.2. The highest BCUT2D eigenvalue weighted by molar-refractivity contribution is 5.41. The number of nitrogens with zero attached hydrogens (tertiary/aromatic N) is 4. The Morgan fingerprint density at radius 2 is 1.95 bits per heavy atom. The first-order chi connectivity index (χ1) is 10.7. The number of ether oxygens (including phenoxy) is 1. The van der Waals surface area contributed by atoms with Crippen LogP contribution in [-0.4, -0.2) is 48.2 Å². The van der Waals surface area contributed by atoms with Crippen LogP contribution in [0.25, 0.3) is 0 Å². The second-order valence-corrected chi connectivity index (χ2v) is 5.31. The minimum absolute atomic E-state index is 0.177. The third kappa shape index (κ3) is 3.51. The molecule has 1 aromatic carbocycles. The first-order valence-corrected chi connectivity index (χ1v) is 7.32. The first kappa shape index (κ1) is 14.7. The van der Waals surface area contributed by atoms with E-state index in [-0.39, 0.29) is 5.82 Å². The van der Waals surface area contributed by atoms with Gasteiger partial charge in [-0.2, -0.15) is 0 Å². The molecule has 2 heterocycles. The first-order valence-electron chi connectivity index (χ1n) is 7.32. The zero-order chi connectivity index (χ0) is 15.4. The summed E-state index contributed by atoms with van der Waals surface area (Å²) < 4.78 is 18.4. The molecule has 0 radical (unpaired) electrons. The van der Waals surface area contributed by atoms with E-state index >= 15 is 0 Å². The number of halogens is 1. The topological polar surface area (TPSA) is 41.5 Å².